The zero-order valence-electron chi connectivity index (χ0n) is 13.4. The van der Waals surface area contributed by atoms with Crippen LogP contribution in [-0.4, -0.2) is 31.1 Å². The van der Waals surface area contributed by atoms with Crippen molar-refractivity contribution in [3.8, 4) is 11.1 Å². The van der Waals surface area contributed by atoms with E-state index >= 15 is 0 Å². The number of hydrogen-bond acceptors (Lipinski definition) is 2. The van der Waals surface area contributed by atoms with Gasteiger partial charge in [0.25, 0.3) is 0 Å². The summed E-state index contributed by atoms with van der Waals surface area (Å²) in [6.07, 6.45) is 3.52. The van der Waals surface area contributed by atoms with Crippen LogP contribution in [0.5, 0.6) is 0 Å². The first-order valence-electron chi connectivity index (χ1n) is 8.57. The maximum absolute atomic E-state index is 5.67. The second-order valence-electron chi connectivity index (χ2n) is 6.80. The minimum atomic E-state index is 0.203. The maximum Gasteiger partial charge on any atom is 0.0239 e. The Bertz CT molecular complexity index is 717. The van der Waals surface area contributed by atoms with E-state index in [0.717, 1.165) is 19.5 Å². The van der Waals surface area contributed by atoms with Crippen molar-refractivity contribution >= 4 is 15.9 Å². The highest BCUT2D eigenvalue weighted by Crippen LogP contribution is 2.54. The van der Waals surface area contributed by atoms with Crippen LogP contribution in [0.15, 0.2) is 46.9 Å². The zero-order valence-corrected chi connectivity index (χ0v) is 15.0. The number of hydrogen-bond donors (Lipinski definition) is 1. The van der Waals surface area contributed by atoms with Crippen LogP contribution in [0.2, 0.25) is 0 Å². The Balaban J connectivity index is 1.73. The minimum absolute atomic E-state index is 0.203. The van der Waals surface area contributed by atoms with Crippen molar-refractivity contribution < 1.29 is 0 Å². The molecule has 2 nitrogen and oxygen atoms in total. The third kappa shape index (κ3) is 2.46. The summed E-state index contributed by atoms with van der Waals surface area (Å²) >= 11 is 3.68. The van der Waals surface area contributed by atoms with Crippen molar-refractivity contribution in [2.75, 3.05) is 26.2 Å². The lowest BCUT2D eigenvalue weighted by Gasteiger charge is -2.41. The molecular weight excluding hydrogens is 348 g/mol. The van der Waals surface area contributed by atoms with E-state index in [1.807, 2.05) is 0 Å². The number of likely N-dealkylation sites (tertiary alicyclic amines) is 1. The van der Waals surface area contributed by atoms with Crippen LogP contribution < -0.4 is 5.73 Å². The van der Waals surface area contributed by atoms with Crippen molar-refractivity contribution in [3.63, 3.8) is 0 Å². The van der Waals surface area contributed by atoms with E-state index in [4.69, 9.17) is 5.73 Å². The molecule has 0 saturated carbocycles. The van der Waals surface area contributed by atoms with Gasteiger partial charge in [-0.1, -0.05) is 46.3 Å². The number of benzene rings is 2. The minimum Gasteiger partial charge on any atom is -0.330 e. The van der Waals surface area contributed by atoms with Gasteiger partial charge >= 0.3 is 0 Å². The normalized spacial score (nSPS) is 18.9. The lowest BCUT2D eigenvalue weighted by molar-refractivity contribution is 0.180. The van der Waals surface area contributed by atoms with Crippen LogP contribution in [0.4, 0.5) is 0 Å². The Kier molecular flexibility index (Phi) is 4.04. The fraction of sp³-hybridized carbons (Fsp3) is 0.400. The monoisotopic (exact) mass is 370 g/mol. The van der Waals surface area contributed by atoms with E-state index < -0.39 is 0 Å². The summed E-state index contributed by atoms with van der Waals surface area (Å²) in [6, 6.07) is 15.8. The average Bonchev–Trinajstić information content (AvgIpc) is 2.85. The maximum atomic E-state index is 5.67. The third-order valence-corrected chi connectivity index (χ3v) is 6.11. The molecule has 3 heteroatoms. The largest absolute Gasteiger partial charge is 0.330 e. The molecule has 1 aliphatic carbocycles. The first-order valence-corrected chi connectivity index (χ1v) is 9.36. The van der Waals surface area contributed by atoms with Gasteiger partial charge in [-0.2, -0.15) is 0 Å². The lowest BCUT2D eigenvalue weighted by atomic mass is 9.71. The molecule has 0 amide bonds. The van der Waals surface area contributed by atoms with Gasteiger partial charge < -0.3 is 10.6 Å². The van der Waals surface area contributed by atoms with Crippen LogP contribution in [0.25, 0.3) is 11.1 Å². The molecule has 1 heterocycles. The van der Waals surface area contributed by atoms with Crippen molar-refractivity contribution in [1.82, 2.24) is 4.90 Å². The standard InChI is InChI=1S/C20H23BrN2/c21-15-6-7-17-16-4-1-2-5-18(16)20(19(17)14-15)8-12-23(13-9-20)11-3-10-22/h1-2,4-7,14H,3,8-13,22H2. The van der Waals surface area contributed by atoms with Gasteiger partial charge in [0.05, 0.1) is 0 Å². The highest BCUT2D eigenvalue weighted by Gasteiger charge is 2.44. The van der Waals surface area contributed by atoms with E-state index in [2.05, 4.69) is 63.3 Å². The molecule has 0 unspecified atom stereocenters. The third-order valence-electron chi connectivity index (χ3n) is 5.62. The van der Waals surface area contributed by atoms with Crippen molar-refractivity contribution in [2.45, 2.75) is 24.7 Å². The average molecular weight is 371 g/mol. The van der Waals surface area contributed by atoms with Crippen molar-refractivity contribution in [1.29, 1.82) is 0 Å². The Labute approximate surface area is 146 Å². The van der Waals surface area contributed by atoms with Crippen LogP contribution in [0.1, 0.15) is 30.4 Å². The van der Waals surface area contributed by atoms with Crippen LogP contribution >= 0.6 is 15.9 Å². The molecule has 0 bridgehead atoms. The number of nitrogens with two attached hydrogens (primary N) is 1. The molecule has 4 rings (SSSR count). The summed E-state index contributed by atoms with van der Waals surface area (Å²) in [7, 11) is 0. The highest BCUT2D eigenvalue weighted by atomic mass is 79.9. The predicted molar refractivity (Wildman–Crippen MR) is 99.7 cm³/mol. The molecule has 1 saturated heterocycles. The van der Waals surface area contributed by atoms with E-state index in [9.17, 15) is 0 Å². The van der Waals surface area contributed by atoms with Gasteiger partial charge in [-0.25, -0.2) is 0 Å². The summed E-state index contributed by atoms with van der Waals surface area (Å²) in [6.45, 7) is 4.26. The molecule has 0 atom stereocenters. The Morgan fingerprint density at radius 1 is 1.00 bits per heavy atom. The second kappa shape index (κ2) is 6.04. The molecule has 2 aromatic rings. The summed E-state index contributed by atoms with van der Waals surface area (Å²) in [5, 5.41) is 0. The first-order chi connectivity index (χ1) is 11.2. The van der Waals surface area contributed by atoms with Crippen LogP contribution in [-0.2, 0) is 5.41 Å². The summed E-state index contributed by atoms with van der Waals surface area (Å²) in [5.74, 6) is 0. The van der Waals surface area contributed by atoms with Crippen molar-refractivity contribution in [2.24, 2.45) is 5.73 Å². The van der Waals surface area contributed by atoms with Gasteiger partial charge in [-0.3, -0.25) is 0 Å². The van der Waals surface area contributed by atoms with Crippen LogP contribution in [0, 0.1) is 0 Å². The molecule has 23 heavy (non-hydrogen) atoms. The molecule has 1 fully saturated rings. The van der Waals surface area contributed by atoms with E-state index in [1.165, 1.54) is 52.7 Å². The smallest absolute Gasteiger partial charge is 0.0239 e. The summed E-state index contributed by atoms with van der Waals surface area (Å²) < 4.78 is 1.19. The SMILES string of the molecule is NCCCN1CCC2(CC1)c1ccccc1-c1ccc(Br)cc12. The molecule has 2 aromatic carbocycles. The Morgan fingerprint density at radius 2 is 1.74 bits per heavy atom. The van der Waals surface area contributed by atoms with Crippen molar-refractivity contribution in [3.05, 3.63) is 58.1 Å². The molecule has 1 aliphatic heterocycles. The molecule has 2 N–H and O–H groups in total. The topological polar surface area (TPSA) is 29.3 Å². The number of fused-ring (bicyclic) bond motifs is 5. The van der Waals surface area contributed by atoms with Crippen LogP contribution in [0.3, 0.4) is 0 Å². The Morgan fingerprint density at radius 3 is 2.52 bits per heavy atom. The van der Waals surface area contributed by atoms with Gasteiger partial charge in [0.15, 0.2) is 0 Å². The fourth-order valence-corrected chi connectivity index (χ4v) is 4.80. The van der Waals surface area contributed by atoms with Gasteiger partial charge in [0, 0.05) is 9.89 Å². The number of nitrogens with zero attached hydrogens (tertiary/aromatic N) is 1. The van der Waals surface area contributed by atoms with Gasteiger partial charge in [0.1, 0.15) is 0 Å². The predicted octanol–water partition coefficient (Wildman–Crippen LogP) is 4.16. The Hall–Kier alpha value is -1.16. The van der Waals surface area contributed by atoms with Gasteiger partial charge in [-0.05, 0) is 79.8 Å². The molecular formula is C20H23BrN2. The van der Waals surface area contributed by atoms with E-state index in [-0.39, 0.29) is 5.41 Å². The first kappa shape index (κ1) is 15.4. The number of halogens is 1. The van der Waals surface area contributed by atoms with E-state index in [0.29, 0.717) is 0 Å². The summed E-state index contributed by atoms with van der Waals surface area (Å²) in [4.78, 5) is 2.58. The molecule has 0 radical (unpaired) electrons. The fourth-order valence-electron chi connectivity index (χ4n) is 4.44. The van der Waals surface area contributed by atoms with Gasteiger partial charge in [-0.15, -0.1) is 0 Å². The summed E-state index contributed by atoms with van der Waals surface area (Å²) in [5.41, 5.74) is 11.8. The lowest BCUT2D eigenvalue weighted by Crippen LogP contribution is -2.43. The molecule has 120 valence electrons. The quantitative estimate of drug-likeness (QED) is 0.878. The number of rotatable bonds is 3. The zero-order chi connectivity index (χ0) is 15.9. The highest BCUT2D eigenvalue weighted by molar-refractivity contribution is 9.10. The molecule has 1 spiro atoms. The van der Waals surface area contributed by atoms with E-state index in [1.54, 1.807) is 0 Å². The molecule has 2 aliphatic rings. The second-order valence-corrected chi connectivity index (χ2v) is 7.72. The molecule has 0 aromatic heterocycles. The van der Waals surface area contributed by atoms with Gasteiger partial charge in [0.2, 0.25) is 0 Å². The number of piperidine rings is 1.